The molecule has 2 rings (SSSR count). The van der Waals surface area contributed by atoms with Crippen LogP contribution in [0.1, 0.15) is 24.5 Å². The Bertz CT molecular complexity index is 586. The number of nitrogens with one attached hydrogen (secondary N) is 1. The van der Waals surface area contributed by atoms with E-state index in [0.29, 0.717) is 17.8 Å². The van der Waals surface area contributed by atoms with Crippen molar-refractivity contribution in [3.63, 3.8) is 0 Å². The molecule has 1 aromatic rings. The zero-order chi connectivity index (χ0) is 15.8. The van der Waals surface area contributed by atoms with E-state index in [1.165, 1.54) is 0 Å². The molecule has 0 saturated heterocycles. The summed E-state index contributed by atoms with van der Waals surface area (Å²) in [5.41, 5.74) is 7.79. The van der Waals surface area contributed by atoms with Gasteiger partial charge in [0.25, 0.3) is 0 Å². The molecule has 22 heavy (non-hydrogen) atoms. The predicted molar refractivity (Wildman–Crippen MR) is 87.6 cm³/mol. The first-order chi connectivity index (χ1) is 10.7. The van der Waals surface area contributed by atoms with Crippen molar-refractivity contribution in [2.24, 2.45) is 11.7 Å². The molecule has 116 valence electrons. The van der Waals surface area contributed by atoms with Crippen LogP contribution >= 0.6 is 0 Å². The van der Waals surface area contributed by atoms with Crippen molar-refractivity contribution in [2.45, 2.75) is 18.9 Å². The van der Waals surface area contributed by atoms with Crippen LogP contribution in [-0.4, -0.2) is 24.1 Å². The lowest BCUT2D eigenvalue weighted by molar-refractivity contribution is 0.174. The smallest absolute Gasteiger partial charge is 0.128 e. The molecule has 0 aromatic heterocycles. The van der Waals surface area contributed by atoms with Crippen LogP contribution in [0.25, 0.3) is 0 Å². The number of hydrogen-bond donors (Lipinski definition) is 3. The average molecular weight is 298 g/mol. The summed E-state index contributed by atoms with van der Waals surface area (Å²) in [6, 6.07) is 9.59. The lowest BCUT2D eigenvalue weighted by Crippen LogP contribution is -2.23. The molecule has 1 aromatic carbocycles. The summed E-state index contributed by atoms with van der Waals surface area (Å²) in [6.45, 7) is 1.31. The van der Waals surface area contributed by atoms with Gasteiger partial charge in [0, 0.05) is 23.7 Å². The molecule has 4 nitrogen and oxygen atoms in total. The molecular formula is C18H22N2O2. The SMILES string of the molecule is NC1=CC(=C=O)C(CCCNCC(O)c2ccccc2)C=C1. The molecule has 0 fully saturated rings. The third-order valence-corrected chi connectivity index (χ3v) is 3.75. The third-order valence-electron chi connectivity index (χ3n) is 3.75. The Labute approximate surface area is 131 Å². The highest BCUT2D eigenvalue weighted by Crippen LogP contribution is 2.22. The summed E-state index contributed by atoms with van der Waals surface area (Å²) in [4.78, 5) is 10.9. The summed E-state index contributed by atoms with van der Waals surface area (Å²) in [7, 11) is 0. The van der Waals surface area contributed by atoms with Crippen LogP contribution in [0.5, 0.6) is 0 Å². The Morgan fingerprint density at radius 1 is 1.32 bits per heavy atom. The van der Waals surface area contributed by atoms with Gasteiger partial charge >= 0.3 is 0 Å². The van der Waals surface area contributed by atoms with Crippen molar-refractivity contribution in [3.8, 4) is 0 Å². The van der Waals surface area contributed by atoms with Crippen LogP contribution in [0.15, 0.2) is 59.8 Å². The predicted octanol–water partition coefficient (Wildman–Crippen LogP) is 1.88. The number of aliphatic hydroxyl groups is 1. The number of rotatable bonds is 7. The second-order valence-corrected chi connectivity index (χ2v) is 5.44. The second kappa shape index (κ2) is 8.35. The highest BCUT2D eigenvalue weighted by Gasteiger charge is 2.14. The van der Waals surface area contributed by atoms with E-state index in [0.717, 1.165) is 24.9 Å². The summed E-state index contributed by atoms with van der Waals surface area (Å²) in [6.07, 6.45) is 6.75. The molecule has 1 aliphatic rings. The maximum absolute atomic E-state index is 10.9. The fourth-order valence-electron chi connectivity index (χ4n) is 2.50. The quantitative estimate of drug-likeness (QED) is 0.531. The lowest BCUT2D eigenvalue weighted by Gasteiger charge is -2.16. The number of hydrogen-bond acceptors (Lipinski definition) is 4. The molecule has 0 radical (unpaired) electrons. The van der Waals surface area contributed by atoms with Crippen LogP contribution < -0.4 is 11.1 Å². The summed E-state index contributed by atoms with van der Waals surface area (Å²) in [5.74, 6) is 2.05. The Balaban J connectivity index is 1.68. The second-order valence-electron chi connectivity index (χ2n) is 5.44. The van der Waals surface area contributed by atoms with Crippen LogP contribution in [0.3, 0.4) is 0 Å². The molecule has 0 spiro atoms. The van der Waals surface area contributed by atoms with E-state index in [1.807, 2.05) is 48.4 Å². The molecule has 2 unspecified atom stereocenters. The van der Waals surface area contributed by atoms with Crippen LogP contribution in [0, 0.1) is 5.92 Å². The molecule has 0 bridgehead atoms. The van der Waals surface area contributed by atoms with Crippen LogP contribution in [0.4, 0.5) is 0 Å². The van der Waals surface area contributed by atoms with E-state index >= 15 is 0 Å². The number of carbonyl (C=O) groups excluding carboxylic acids is 1. The maximum Gasteiger partial charge on any atom is 0.128 e. The first kappa shape index (κ1) is 16.2. The highest BCUT2D eigenvalue weighted by molar-refractivity contribution is 5.61. The van der Waals surface area contributed by atoms with Crippen LogP contribution in [-0.2, 0) is 4.79 Å². The van der Waals surface area contributed by atoms with Gasteiger partial charge < -0.3 is 16.2 Å². The summed E-state index contributed by atoms with van der Waals surface area (Å²) in [5, 5.41) is 13.3. The van der Waals surface area contributed by atoms with E-state index in [1.54, 1.807) is 6.08 Å². The van der Waals surface area contributed by atoms with Gasteiger partial charge in [0.2, 0.25) is 0 Å². The minimum atomic E-state index is -0.496. The fourth-order valence-corrected chi connectivity index (χ4v) is 2.50. The van der Waals surface area contributed by atoms with Crippen molar-refractivity contribution >= 4 is 5.94 Å². The van der Waals surface area contributed by atoms with Crippen LogP contribution in [0.2, 0.25) is 0 Å². The summed E-state index contributed by atoms with van der Waals surface area (Å²) < 4.78 is 0. The van der Waals surface area contributed by atoms with Gasteiger partial charge in [-0.1, -0.05) is 36.4 Å². The molecule has 4 heteroatoms. The normalized spacial score (nSPS) is 18.7. The van der Waals surface area contributed by atoms with E-state index in [-0.39, 0.29) is 5.92 Å². The van der Waals surface area contributed by atoms with Crippen molar-refractivity contribution in [3.05, 3.63) is 65.4 Å². The maximum atomic E-state index is 10.9. The van der Waals surface area contributed by atoms with Gasteiger partial charge in [-0.3, -0.25) is 0 Å². The minimum Gasteiger partial charge on any atom is -0.399 e. The first-order valence-corrected chi connectivity index (χ1v) is 7.55. The van der Waals surface area contributed by atoms with E-state index in [2.05, 4.69) is 5.32 Å². The third kappa shape index (κ3) is 4.71. The van der Waals surface area contributed by atoms with Gasteiger partial charge in [0.15, 0.2) is 0 Å². The monoisotopic (exact) mass is 298 g/mol. The average Bonchev–Trinajstić information content (AvgIpc) is 2.56. The lowest BCUT2D eigenvalue weighted by atomic mass is 9.90. The van der Waals surface area contributed by atoms with Crippen molar-refractivity contribution in [1.29, 1.82) is 0 Å². The molecule has 1 aliphatic carbocycles. The van der Waals surface area contributed by atoms with Gasteiger partial charge in [0.05, 0.1) is 6.10 Å². The number of aliphatic hydroxyl groups excluding tert-OH is 1. The topological polar surface area (TPSA) is 75.4 Å². The minimum absolute atomic E-state index is 0.0886. The standard InChI is InChI=1S/C18H22N2O2/c19-17-9-8-14(16(11-17)13-21)7-4-10-20-12-18(22)15-5-2-1-3-6-15/h1-3,5-6,8-9,11,14,18,20,22H,4,7,10,12,19H2. The van der Waals surface area contributed by atoms with E-state index in [9.17, 15) is 9.90 Å². The van der Waals surface area contributed by atoms with Crippen molar-refractivity contribution < 1.29 is 9.90 Å². The number of nitrogens with two attached hydrogens (primary N) is 1. The Kier molecular flexibility index (Phi) is 6.16. The largest absolute Gasteiger partial charge is 0.399 e. The Morgan fingerprint density at radius 2 is 2.09 bits per heavy atom. The zero-order valence-electron chi connectivity index (χ0n) is 12.5. The van der Waals surface area contributed by atoms with E-state index in [4.69, 9.17) is 5.73 Å². The summed E-state index contributed by atoms with van der Waals surface area (Å²) >= 11 is 0. The highest BCUT2D eigenvalue weighted by atomic mass is 16.3. The van der Waals surface area contributed by atoms with Gasteiger partial charge in [-0.15, -0.1) is 0 Å². The fraction of sp³-hybridized carbons (Fsp3) is 0.333. The van der Waals surface area contributed by atoms with Gasteiger partial charge in [-0.05, 0) is 37.1 Å². The molecular weight excluding hydrogens is 276 g/mol. The molecule has 0 aliphatic heterocycles. The molecule has 4 N–H and O–H groups in total. The number of benzene rings is 1. The Hall–Kier alpha value is -2.13. The molecule has 0 amide bonds. The van der Waals surface area contributed by atoms with Crippen molar-refractivity contribution in [1.82, 2.24) is 5.32 Å². The molecule has 0 saturated carbocycles. The molecule has 0 heterocycles. The van der Waals surface area contributed by atoms with Gasteiger partial charge in [0.1, 0.15) is 5.94 Å². The Morgan fingerprint density at radius 3 is 2.82 bits per heavy atom. The zero-order valence-corrected chi connectivity index (χ0v) is 12.5. The van der Waals surface area contributed by atoms with E-state index < -0.39 is 6.10 Å². The van der Waals surface area contributed by atoms with Crippen molar-refractivity contribution in [2.75, 3.05) is 13.1 Å². The first-order valence-electron chi connectivity index (χ1n) is 7.55. The number of allylic oxidation sites excluding steroid dienone is 4. The van der Waals surface area contributed by atoms with Gasteiger partial charge in [-0.2, -0.15) is 0 Å². The molecule has 2 atom stereocenters. The van der Waals surface area contributed by atoms with Gasteiger partial charge in [-0.25, -0.2) is 4.79 Å².